The Kier molecular flexibility index (Phi) is 6.99. The third-order valence-corrected chi connectivity index (χ3v) is 5.30. The quantitative estimate of drug-likeness (QED) is 0.303. The van der Waals surface area contributed by atoms with E-state index in [1.165, 1.54) is 60.3 Å². The number of hydrogen-bond donors (Lipinski definition) is 2. The van der Waals surface area contributed by atoms with Crippen LogP contribution in [-0.2, 0) is 4.79 Å². The first kappa shape index (κ1) is 22.0. The van der Waals surface area contributed by atoms with E-state index in [4.69, 9.17) is 0 Å². The van der Waals surface area contributed by atoms with Crippen LogP contribution in [0.25, 0.3) is 0 Å². The normalized spacial score (nSPS) is 11.4. The minimum Gasteiger partial charge on any atom is -0.325 e. The lowest BCUT2D eigenvalue weighted by atomic mass is 10.2. The Bertz CT molecular complexity index is 1120. The van der Waals surface area contributed by atoms with Crippen molar-refractivity contribution in [2.45, 2.75) is 17.1 Å². The van der Waals surface area contributed by atoms with Gasteiger partial charge in [0.15, 0.2) is 0 Å². The Morgan fingerprint density at radius 1 is 0.968 bits per heavy atom. The van der Waals surface area contributed by atoms with E-state index in [1.54, 1.807) is 31.2 Å². The summed E-state index contributed by atoms with van der Waals surface area (Å²) in [5, 5.41) is 15.9. The molecule has 2 N–H and O–H groups in total. The van der Waals surface area contributed by atoms with Gasteiger partial charge >= 0.3 is 0 Å². The fraction of sp³-hybridized carbons (Fsp3) is 0.0909. The number of nitrogens with one attached hydrogen (secondary N) is 2. The smallest absolute Gasteiger partial charge is 0.270 e. The topological polar surface area (TPSA) is 101 Å². The Morgan fingerprint density at radius 3 is 2.39 bits per heavy atom. The number of nitro groups is 1. The summed E-state index contributed by atoms with van der Waals surface area (Å²) in [4.78, 5) is 35.9. The minimum atomic E-state index is -0.563. The molecule has 0 aliphatic carbocycles. The number of carbonyl (C=O) groups is 2. The Balaban J connectivity index is 1.63. The molecule has 0 heterocycles. The molecule has 31 heavy (non-hydrogen) atoms. The van der Waals surface area contributed by atoms with Crippen LogP contribution in [0, 0.1) is 15.9 Å². The van der Waals surface area contributed by atoms with Gasteiger partial charge in [-0.3, -0.25) is 19.7 Å². The number of nitrogens with zero attached hydrogens (tertiary/aromatic N) is 1. The average molecular weight is 439 g/mol. The van der Waals surface area contributed by atoms with Crippen LogP contribution >= 0.6 is 11.8 Å². The molecule has 3 rings (SSSR count). The lowest BCUT2D eigenvalue weighted by Crippen LogP contribution is -2.22. The second kappa shape index (κ2) is 9.86. The van der Waals surface area contributed by atoms with Crippen LogP contribution in [-0.4, -0.2) is 22.0 Å². The molecular formula is C22H18FN3O4S. The van der Waals surface area contributed by atoms with Gasteiger partial charge < -0.3 is 10.6 Å². The molecular weight excluding hydrogens is 421 g/mol. The molecule has 0 saturated heterocycles. The zero-order valence-corrected chi connectivity index (χ0v) is 17.2. The fourth-order valence-electron chi connectivity index (χ4n) is 2.65. The molecule has 3 aromatic carbocycles. The summed E-state index contributed by atoms with van der Waals surface area (Å²) in [7, 11) is 0. The third-order valence-electron chi connectivity index (χ3n) is 4.20. The van der Waals surface area contributed by atoms with Crippen LogP contribution in [0.3, 0.4) is 0 Å². The molecule has 0 aliphatic heterocycles. The van der Waals surface area contributed by atoms with Crippen molar-refractivity contribution in [2.24, 2.45) is 0 Å². The minimum absolute atomic E-state index is 0.166. The molecule has 7 nitrogen and oxygen atoms in total. The van der Waals surface area contributed by atoms with E-state index >= 15 is 0 Å². The van der Waals surface area contributed by atoms with Crippen LogP contribution in [0.15, 0.2) is 77.7 Å². The molecule has 0 fully saturated rings. The van der Waals surface area contributed by atoms with Gasteiger partial charge in [-0.25, -0.2) is 4.39 Å². The van der Waals surface area contributed by atoms with Crippen molar-refractivity contribution in [2.75, 3.05) is 10.6 Å². The molecule has 158 valence electrons. The van der Waals surface area contributed by atoms with Crippen molar-refractivity contribution in [3.05, 3.63) is 94.3 Å². The standard InChI is InChI=1S/C22H18FN3O4S/c1-14(21(27)24-17-10-8-16(23)9-11-17)31-20-7-3-5-18(13-20)25-22(28)15-4-2-6-19(12-15)26(29)30/h2-14H,1H3,(H,24,27)(H,25,28). The zero-order valence-electron chi connectivity index (χ0n) is 16.4. The van der Waals surface area contributed by atoms with Crippen LogP contribution < -0.4 is 10.6 Å². The molecule has 3 aromatic rings. The molecule has 0 radical (unpaired) electrons. The maximum atomic E-state index is 13.0. The van der Waals surface area contributed by atoms with Crippen molar-refractivity contribution in [3.8, 4) is 0 Å². The fourth-order valence-corrected chi connectivity index (χ4v) is 3.57. The average Bonchev–Trinajstić information content (AvgIpc) is 2.75. The Labute approximate surface area is 181 Å². The van der Waals surface area contributed by atoms with Gasteiger partial charge in [-0.2, -0.15) is 0 Å². The number of rotatable bonds is 7. The maximum absolute atomic E-state index is 13.0. The van der Waals surface area contributed by atoms with Crippen molar-refractivity contribution in [1.82, 2.24) is 0 Å². The predicted molar refractivity (Wildman–Crippen MR) is 118 cm³/mol. The number of amides is 2. The third kappa shape index (κ3) is 6.13. The van der Waals surface area contributed by atoms with Gasteiger partial charge in [0.25, 0.3) is 11.6 Å². The van der Waals surface area contributed by atoms with E-state index in [1.807, 2.05) is 0 Å². The molecule has 0 aromatic heterocycles. The number of benzene rings is 3. The highest BCUT2D eigenvalue weighted by Crippen LogP contribution is 2.27. The summed E-state index contributed by atoms with van der Waals surface area (Å²) < 4.78 is 13.0. The van der Waals surface area contributed by atoms with E-state index in [-0.39, 0.29) is 23.0 Å². The maximum Gasteiger partial charge on any atom is 0.270 e. The number of nitro benzene ring substituents is 1. The predicted octanol–water partition coefficient (Wildman–Crippen LogP) is 5.11. The number of anilines is 2. The van der Waals surface area contributed by atoms with E-state index in [2.05, 4.69) is 10.6 Å². The lowest BCUT2D eigenvalue weighted by molar-refractivity contribution is -0.384. The largest absolute Gasteiger partial charge is 0.325 e. The molecule has 0 aliphatic rings. The lowest BCUT2D eigenvalue weighted by Gasteiger charge is -2.13. The van der Waals surface area contributed by atoms with Crippen molar-refractivity contribution in [1.29, 1.82) is 0 Å². The number of non-ortho nitro benzene ring substituents is 1. The molecule has 2 amide bonds. The Morgan fingerprint density at radius 2 is 1.68 bits per heavy atom. The first-order valence-electron chi connectivity index (χ1n) is 9.21. The second-order valence-corrected chi connectivity index (χ2v) is 7.96. The van der Waals surface area contributed by atoms with Crippen molar-refractivity contribution >= 4 is 40.6 Å². The van der Waals surface area contributed by atoms with Gasteiger partial charge in [-0.15, -0.1) is 11.8 Å². The van der Waals surface area contributed by atoms with E-state index in [9.17, 15) is 24.1 Å². The highest BCUT2D eigenvalue weighted by molar-refractivity contribution is 8.00. The number of hydrogen-bond acceptors (Lipinski definition) is 5. The van der Waals surface area contributed by atoms with Crippen LogP contribution in [0.1, 0.15) is 17.3 Å². The van der Waals surface area contributed by atoms with Crippen molar-refractivity contribution < 1.29 is 18.9 Å². The van der Waals surface area contributed by atoms with E-state index in [0.29, 0.717) is 11.4 Å². The summed E-state index contributed by atoms with van der Waals surface area (Å²) >= 11 is 1.29. The molecule has 0 bridgehead atoms. The summed E-state index contributed by atoms with van der Waals surface area (Å²) in [5.74, 6) is -1.11. The zero-order chi connectivity index (χ0) is 22.4. The van der Waals surface area contributed by atoms with Gasteiger partial charge in [0.05, 0.1) is 10.2 Å². The first-order valence-corrected chi connectivity index (χ1v) is 10.1. The van der Waals surface area contributed by atoms with E-state index < -0.39 is 16.1 Å². The second-order valence-electron chi connectivity index (χ2n) is 6.55. The Hall–Kier alpha value is -3.72. The van der Waals surface area contributed by atoms with E-state index in [0.717, 1.165) is 4.90 Å². The first-order chi connectivity index (χ1) is 14.8. The van der Waals surface area contributed by atoms with Gasteiger partial charge in [0.2, 0.25) is 5.91 Å². The molecule has 1 unspecified atom stereocenters. The number of thioether (sulfide) groups is 1. The molecule has 9 heteroatoms. The van der Waals surface area contributed by atoms with Crippen LogP contribution in [0.5, 0.6) is 0 Å². The van der Waals surface area contributed by atoms with Gasteiger partial charge in [0.1, 0.15) is 5.82 Å². The summed E-state index contributed by atoms with van der Waals surface area (Å²) in [5.41, 5.74) is 0.988. The molecule has 0 saturated carbocycles. The molecule has 0 spiro atoms. The highest BCUT2D eigenvalue weighted by Gasteiger charge is 2.16. The summed E-state index contributed by atoms with van der Waals surface area (Å²) in [6.45, 7) is 1.73. The highest BCUT2D eigenvalue weighted by atomic mass is 32.2. The summed E-state index contributed by atoms with van der Waals surface area (Å²) in [6, 6.07) is 17.9. The summed E-state index contributed by atoms with van der Waals surface area (Å²) in [6.07, 6.45) is 0. The van der Waals surface area contributed by atoms with Gasteiger partial charge in [-0.1, -0.05) is 12.1 Å². The van der Waals surface area contributed by atoms with Crippen molar-refractivity contribution in [3.63, 3.8) is 0 Å². The van der Waals surface area contributed by atoms with Crippen LogP contribution in [0.2, 0.25) is 0 Å². The SMILES string of the molecule is CC(Sc1cccc(NC(=O)c2cccc([N+](=O)[O-])c2)c1)C(=O)Nc1ccc(F)cc1. The number of halogens is 1. The van der Waals surface area contributed by atoms with Crippen LogP contribution in [0.4, 0.5) is 21.5 Å². The monoisotopic (exact) mass is 439 g/mol. The molecule has 1 atom stereocenters. The van der Waals surface area contributed by atoms with Gasteiger partial charge in [-0.05, 0) is 55.5 Å². The number of carbonyl (C=O) groups excluding carboxylic acids is 2. The van der Waals surface area contributed by atoms with Gasteiger partial charge in [0, 0.05) is 34.0 Å².